The molecule has 1 fully saturated rings. The zero-order valence-corrected chi connectivity index (χ0v) is 9.53. The number of piperidine rings is 1. The molecule has 3 nitrogen and oxygen atoms in total. The number of amides is 1. The first-order valence-electron chi connectivity index (χ1n) is 4.61. The van der Waals surface area contributed by atoms with Crippen molar-refractivity contribution in [2.24, 2.45) is 5.92 Å². The van der Waals surface area contributed by atoms with Gasteiger partial charge in [0.2, 0.25) is 5.91 Å². The molecule has 0 bridgehead atoms. The minimum absolute atomic E-state index is 0.0442. The Morgan fingerprint density at radius 1 is 1.79 bits per heavy atom. The molecule has 0 aromatic rings. The quantitative estimate of drug-likeness (QED) is 0.779. The topological polar surface area (TPSA) is 41.1 Å². The van der Waals surface area contributed by atoms with Crippen molar-refractivity contribution in [3.63, 3.8) is 0 Å². The molecule has 1 saturated heterocycles. The molecule has 0 aliphatic carbocycles. The first-order chi connectivity index (χ1) is 6.65. The van der Waals surface area contributed by atoms with Crippen LogP contribution in [0.5, 0.6) is 0 Å². The number of hydrogen-bond donors (Lipinski definition) is 2. The Labute approximate surface area is 93.8 Å². The van der Waals surface area contributed by atoms with Gasteiger partial charge >= 0.3 is 0 Å². The highest BCUT2D eigenvalue weighted by Gasteiger charge is 2.27. The van der Waals surface area contributed by atoms with Crippen molar-refractivity contribution in [1.82, 2.24) is 10.6 Å². The molecule has 1 aliphatic heterocycles. The van der Waals surface area contributed by atoms with Crippen LogP contribution in [0.2, 0.25) is 0 Å². The van der Waals surface area contributed by atoms with Crippen LogP contribution >= 0.6 is 23.2 Å². The molecule has 5 heteroatoms. The van der Waals surface area contributed by atoms with E-state index in [1.165, 1.54) is 5.54 Å². The minimum atomic E-state index is -0.158. The first-order valence-corrected chi connectivity index (χ1v) is 5.42. The van der Waals surface area contributed by atoms with Gasteiger partial charge in [-0.15, -0.1) is 0 Å². The van der Waals surface area contributed by atoms with Gasteiger partial charge in [0.15, 0.2) is 0 Å². The number of rotatable bonds is 3. The lowest BCUT2D eigenvalue weighted by Gasteiger charge is -2.28. The van der Waals surface area contributed by atoms with Gasteiger partial charge < -0.3 is 10.6 Å². The third-order valence-corrected chi connectivity index (χ3v) is 2.98. The summed E-state index contributed by atoms with van der Waals surface area (Å²) in [5, 5.41) is 6.39. The summed E-state index contributed by atoms with van der Waals surface area (Å²) < 4.78 is 0. The molecule has 0 radical (unpaired) electrons. The van der Waals surface area contributed by atoms with E-state index in [0.29, 0.717) is 17.5 Å². The maximum atomic E-state index is 11.4. The summed E-state index contributed by atoms with van der Waals surface area (Å²) in [5.41, 5.74) is 1.31. The minimum Gasteiger partial charge on any atom is -0.355 e. The average molecular weight is 237 g/mol. The Balaban J connectivity index is 2.44. The van der Waals surface area contributed by atoms with Crippen molar-refractivity contribution in [3.8, 4) is 0 Å². The van der Waals surface area contributed by atoms with E-state index in [-0.39, 0.29) is 11.9 Å². The molecule has 14 heavy (non-hydrogen) atoms. The first kappa shape index (κ1) is 11.8. The van der Waals surface area contributed by atoms with Crippen molar-refractivity contribution in [2.45, 2.75) is 19.4 Å². The molecule has 2 unspecified atom stereocenters. The molecule has 0 saturated carbocycles. The fourth-order valence-electron chi connectivity index (χ4n) is 1.50. The van der Waals surface area contributed by atoms with E-state index in [0.717, 1.165) is 13.0 Å². The van der Waals surface area contributed by atoms with E-state index >= 15 is 0 Å². The SMILES string of the molecule is CC1CCNC(=O)C1NC/C(Cl)=C/Cl. The summed E-state index contributed by atoms with van der Waals surface area (Å²) in [6.07, 6.45) is 0.992. The lowest BCUT2D eigenvalue weighted by molar-refractivity contribution is -0.125. The van der Waals surface area contributed by atoms with Crippen molar-refractivity contribution in [2.75, 3.05) is 13.1 Å². The van der Waals surface area contributed by atoms with Gasteiger partial charge in [-0.05, 0) is 12.3 Å². The van der Waals surface area contributed by atoms with Gasteiger partial charge in [0.25, 0.3) is 0 Å². The number of nitrogens with one attached hydrogen (secondary N) is 2. The second-order valence-corrected chi connectivity index (χ2v) is 4.18. The molecule has 2 atom stereocenters. The molecular formula is C9H14Cl2N2O. The van der Waals surface area contributed by atoms with Crippen LogP contribution in [0.15, 0.2) is 10.6 Å². The molecule has 2 N–H and O–H groups in total. The molecule has 1 amide bonds. The predicted octanol–water partition coefficient (Wildman–Crippen LogP) is 1.42. The summed E-state index contributed by atoms with van der Waals surface area (Å²) in [4.78, 5) is 11.4. The lowest BCUT2D eigenvalue weighted by Crippen LogP contribution is -2.52. The Morgan fingerprint density at radius 3 is 3.07 bits per heavy atom. The van der Waals surface area contributed by atoms with Gasteiger partial charge in [-0.3, -0.25) is 4.79 Å². The second kappa shape index (κ2) is 5.59. The van der Waals surface area contributed by atoms with E-state index in [1.807, 2.05) is 0 Å². The van der Waals surface area contributed by atoms with Crippen molar-refractivity contribution in [1.29, 1.82) is 0 Å². The van der Waals surface area contributed by atoms with E-state index in [9.17, 15) is 4.79 Å². The van der Waals surface area contributed by atoms with Crippen LogP contribution in [0, 0.1) is 5.92 Å². The fourth-order valence-corrected chi connectivity index (χ4v) is 1.65. The van der Waals surface area contributed by atoms with Gasteiger partial charge in [-0.25, -0.2) is 0 Å². The van der Waals surface area contributed by atoms with Crippen LogP contribution in [0.4, 0.5) is 0 Å². The van der Waals surface area contributed by atoms with E-state index in [1.54, 1.807) is 0 Å². The van der Waals surface area contributed by atoms with Gasteiger partial charge in [-0.1, -0.05) is 30.1 Å². The fraction of sp³-hybridized carbons (Fsp3) is 0.667. The van der Waals surface area contributed by atoms with Crippen molar-refractivity contribution in [3.05, 3.63) is 10.6 Å². The standard InChI is InChI=1S/C9H14Cl2N2O/c1-6-2-3-12-9(14)8(6)13-5-7(11)4-10/h4,6,8,13H,2-3,5H2,1H3,(H,12,14)/b7-4-. The highest BCUT2D eigenvalue weighted by atomic mass is 35.5. The summed E-state index contributed by atoms with van der Waals surface area (Å²) >= 11 is 11.1. The molecule has 0 aromatic heterocycles. The molecule has 0 aromatic carbocycles. The predicted molar refractivity (Wildman–Crippen MR) is 58.4 cm³/mol. The molecule has 80 valence electrons. The smallest absolute Gasteiger partial charge is 0.237 e. The van der Waals surface area contributed by atoms with Crippen LogP contribution < -0.4 is 10.6 Å². The average Bonchev–Trinajstić information content (AvgIpc) is 2.16. The number of carbonyl (C=O) groups excluding carboxylic acids is 1. The summed E-state index contributed by atoms with van der Waals surface area (Å²) in [6, 6.07) is -0.158. The van der Waals surface area contributed by atoms with Crippen LogP contribution in [0.1, 0.15) is 13.3 Å². The normalized spacial score (nSPS) is 28.8. The maximum absolute atomic E-state index is 11.4. The van der Waals surface area contributed by atoms with Crippen LogP contribution in [-0.4, -0.2) is 25.0 Å². The maximum Gasteiger partial charge on any atom is 0.237 e. The van der Waals surface area contributed by atoms with Crippen molar-refractivity contribution >= 4 is 29.1 Å². The monoisotopic (exact) mass is 236 g/mol. The molecule has 1 heterocycles. The third-order valence-electron chi connectivity index (χ3n) is 2.36. The summed E-state index contributed by atoms with van der Waals surface area (Å²) in [6.45, 7) is 3.25. The second-order valence-electron chi connectivity index (χ2n) is 3.47. The zero-order valence-electron chi connectivity index (χ0n) is 8.02. The third kappa shape index (κ3) is 3.15. The van der Waals surface area contributed by atoms with Crippen LogP contribution in [-0.2, 0) is 4.79 Å². The van der Waals surface area contributed by atoms with Crippen LogP contribution in [0.3, 0.4) is 0 Å². The van der Waals surface area contributed by atoms with E-state index < -0.39 is 0 Å². The highest BCUT2D eigenvalue weighted by Crippen LogP contribution is 2.13. The molecular weight excluding hydrogens is 223 g/mol. The molecule has 1 aliphatic rings. The largest absolute Gasteiger partial charge is 0.355 e. The van der Waals surface area contributed by atoms with Gasteiger partial charge in [0.05, 0.1) is 6.04 Å². The summed E-state index contributed by atoms with van der Waals surface area (Å²) in [5.74, 6) is 0.381. The Hall–Kier alpha value is -0.250. The zero-order chi connectivity index (χ0) is 10.6. The number of hydrogen-bond acceptors (Lipinski definition) is 2. The highest BCUT2D eigenvalue weighted by molar-refractivity contribution is 6.36. The van der Waals surface area contributed by atoms with Gasteiger partial charge in [0, 0.05) is 23.7 Å². The molecule has 0 spiro atoms. The Bertz CT molecular complexity index is 243. The Kier molecular flexibility index (Phi) is 4.72. The van der Waals surface area contributed by atoms with Gasteiger partial charge in [-0.2, -0.15) is 0 Å². The lowest BCUT2D eigenvalue weighted by atomic mass is 9.94. The van der Waals surface area contributed by atoms with E-state index in [4.69, 9.17) is 23.2 Å². The van der Waals surface area contributed by atoms with E-state index in [2.05, 4.69) is 17.6 Å². The number of carbonyl (C=O) groups is 1. The van der Waals surface area contributed by atoms with Gasteiger partial charge in [0.1, 0.15) is 0 Å². The van der Waals surface area contributed by atoms with Crippen molar-refractivity contribution < 1.29 is 4.79 Å². The summed E-state index contributed by atoms with van der Waals surface area (Å²) in [7, 11) is 0. The molecule has 1 rings (SSSR count). The van der Waals surface area contributed by atoms with Crippen LogP contribution in [0.25, 0.3) is 0 Å². The Morgan fingerprint density at radius 2 is 2.50 bits per heavy atom. The number of halogens is 2.